The molecule has 0 spiro atoms. The summed E-state index contributed by atoms with van der Waals surface area (Å²) in [5.74, 6) is -1.54. The van der Waals surface area contributed by atoms with Gasteiger partial charge >= 0.3 is 5.97 Å². The average Bonchev–Trinajstić information content (AvgIpc) is 2.47. The van der Waals surface area contributed by atoms with E-state index in [1.54, 1.807) is 0 Å². The number of nitrogens with zero attached hydrogens (tertiary/aromatic N) is 2. The summed E-state index contributed by atoms with van der Waals surface area (Å²) in [6, 6.07) is 7.18. The SMILES string of the molecule is N#Cc1ccc(Oc2cncc(/C=C/C(=O)O)c2)c(F)c1. The van der Waals surface area contributed by atoms with E-state index in [9.17, 15) is 9.18 Å². The van der Waals surface area contributed by atoms with Crippen LogP contribution in [-0.4, -0.2) is 16.1 Å². The lowest BCUT2D eigenvalue weighted by molar-refractivity contribution is -0.131. The van der Waals surface area contributed by atoms with E-state index in [0.717, 1.165) is 12.1 Å². The van der Waals surface area contributed by atoms with Crippen molar-refractivity contribution in [2.24, 2.45) is 0 Å². The third-order valence-electron chi connectivity index (χ3n) is 2.44. The number of aromatic nitrogens is 1. The number of ether oxygens (including phenoxy) is 1. The number of halogens is 1. The van der Waals surface area contributed by atoms with E-state index < -0.39 is 11.8 Å². The van der Waals surface area contributed by atoms with Gasteiger partial charge in [0.2, 0.25) is 0 Å². The van der Waals surface area contributed by atoms with Crippen molar-refractivity contribution < 1.29 is 19.0 Å². The van der Waals surface area contributed by atoms with Crippen LogP contribution < -0.4 is 4.74 Å². The number of nitriles is 1. The number of hydrogen-bond donors (Lipinski definition) is 1. The van der Waals surface area contributed by atoms with Gasteiger partial charge in [0.25, 0.3) is 0 Å². The third kappa shape index (κ3) is 3.88. The zero-order valence-corrected chi connectivity index (χ0v) is 10.7. The molecule has 2 aromatic rings. The molecular weight excluding hydrogens is 275 g/mol. The van der Waals surface area contributed by atoms with Crippen LogP contribution >= 0.6 is 0 Å². The highest BCUT2D eigenvalue weighted by atomic mass is 19.1. The monoisotopic (exact) mass is 284 g/mol. The molecule has 0 unspecified atom stereocenters. The predicted molar refractivity (Wildman–Crippen MR) is 72.1 cm³/mol. The zero-order chi connectivity index (χ0) is 15.2. The van der Waals surface area contributed by atoms with Crippen LogP contribution in [0.25, 0.3) is 6.08 Å². The van der Waals surface area contributed by atoms with Gasteiger partial charge in [0.1, 0.15) is 5.75 Å². The van der Waals surface area contributed by atoms with E-state index >= 15 is 0 Å². The molecule has 104 valence electrons. The molecule has 0 aliphatic heterocycles. The minimum absolute atomic E-state index is 0.0461. The standard InChI is InChI=1S/C15H9FN2O3/c16-13-6-10(7-17)1-3-14(13)21-12-5-11(8-18-9-12)2-4-15(19)20/h1-6,8-9H,(H,19,20)/b4-2+. The molecule has 6 heteroatoms. The molecule has 5 nitrogen and oxygen atoms in total. The molecule has 0 aliphatic rings. The minimum Gasteiger partial charge on any atom is -0.478 e. The first-order valence-electron chi connectivity index (χ1n) is 5.82. The van der Waals surface area contributed by atoms with Crippen LogP contribution in [0.3, 0.4) is 0 Å². The highest BCUT2D eigenvalue weighted by molar-refractivity contribution is 5.85. The van der Waals surface area contributed by atoms with Crippen LogP contribution in [0.5, 0.6) is 11.5 Å². The van der Waals surface area contributed by atoms with Crippen molar-refractivity contribution in [3.05, 3.63) is 59.7 Å². The summed E-state index contributed by atoms with van der Waals surface area (Å²) in [6.45, 7) is 0. The smallest absolute Gasteiger partial charge is 0.328 e. The van der Waals surface area contributed by atoms with Gasteiger partial charge in [-0.3, -0.25) is 4.98 Å². The van der Waals surface area contributed by atoms with Gasteiger partial charge in [0.05, 0.1) is 17.8 Å². The Hall–Kier alpha value is -3.20. The fourth-order valence-electron chi connectivity index (χ4n) is 1.53. The molecule has 1 aromatic heterocycles. The summed E-state index contributed by atoms with van der Waals surface area (Å²) in [5.41, 5.74) is 0.695. The van der Waals surface area contributed by atoms with E-state index in [1.807, 2.05) is 6.07 Å². The molecule has 0 aliphatic carbocycles. The Labute approximate surface area is 119 Å². The normalized spacial score (nSPS) is 10.3. The van der Waals surface area contributed by atoms with E-state index in [4.69, 9.17) is 15.1 Å². The molecule has 0 saturated carbocycles. The van der Waals surface area contributed by atoms with Crippen molar-refractivity contribution in [3.63, 3.8) is 0 Å². The van der Waals surface area contributed by atoms with Gasteiger partial charge < -0.3 is 9.84 Å². The van der Waals surface area contributed by atoms with Crippen molar-refractivity contribution in [1.29, 1.82) is 5.26 Å². The number of rotatable bonds is 4. The van der Waals surface area contributed by atoms with Crippen molar-refractivity contribution in [2.45, 2.75) is 0 Å². The fourth-order valence-corrected chi connectivity index (χ4v) is 1.53. The predicted octanol–water partition coefficient (Wildman–Crippen LogP) is 2.98. The summed E-state index contributed by atoms with van der Waals surface area (Å²) in [7, 11) is 0. The first-order chi connectivity index (χ1) is 10.1. The number of carboxylic acids is 1. The maximum Gasteiger partial charge on any atom is 0.328 e. The van der Waals surface area contributed by atoms with E-state index in [0.29, 0.717) is 5.56 Å². The molecule has 21 heavy (non-hydrogen) atoms. The number of pyridine rings is 1. The summed E-state index contributed by atoms with van der Waals surface area (Å²) in [6.07, 6.45) is 5.12. The quantitative estimate of drug-likeness (QED) is 0.872. The Kier molecular flexibility index (Phi) is 4.26. The topological polar surface area (TPSA) is 83.2 Å². The van der Waals surface area contributed by atoms with Crippen LogP contribution in [0, 0.1) is 17.1 Å². The molecule has 1 heterocycles. The lowest BCUT2D eigenvalue weighted by atomic mass is 10.2. The Balaban J connectivity index is 2.22. The molecule has 2 rings (SSSR count). The summed E-state index contributed by atoms with van der Waals surface area (Å²) < 4.78 is 19.0. The molecule has 0 bridgehead atoms. The Morgan fingerprint density at radius 3 is 2.86 bits per heavy atom. The average molecular weight is 284 g/mol. The number of hydrogen-bond acceptors (Lipinski definition) is 4. The summed E-state index contributed by atoms with van der Waals surface area (Å²) >= 11 is 0. The second-order valence-electron chi connectivity index (χ2n) is 3.98. The van der Waals surface area contributed by atoms with Gasteiger partial charge in [-0.1, -0.05) is 0 Å². The second kappa shape index (κ2) is 6.30. The van der Waals surface area contributed by atoms with Crippen LogP contribution in [-0.2, 0) is 4.79 Å². The van der Waals surface area contributed by atoms with E-state index in [2.05, 4.69) is 4.98 Å². The third-order valence-corrected chi connectivity index (χ3v) is 2.44. The summed E-state index contributed by atoms with van der Waals surface area (Å²) in [5, 5.41) is 17.2. The first kappa shape index (κ1) is 14.2. The van der Waals surface area contributed by atoms with E-state index in [1.165, 1.54) is 36.7 Å². The van der Waals surface area contributed by atoms with Crippen molar-refractivity contribution in [1.82, 2.24) is 4.98 Å². The van der Waals surface area contributed by atoms with Crippen molar-refractivity contribution in [2.75, 3.05) is 0 Å². The number of benzene rings is 1. The highest BCUT2D eigenvalue weighted by Gasteiger charge is 2.06. The van der Waals surface area contributed by atoms with Crippen LogP contribution in [0.4, 0.5) is 4.39 Å². The van der Waals surface area contributed by atoms with Crippen LogP contribution in [0.15, 0.2) is 42.7 Å². The summed E-state index contributed by atoms with van der Waals surface area (Å²) in [4.78, 5) is 14.3. The number of carboxylic acid groups (broad SMARTS) is 1. The molecule has 0 amide bonds. The van der Waals surface area contributed by atoms with E-state index in [-0.39, 0.29) is 17.1 Å². The van der Waals surface area contributed by atoms with Gasteiger partial charge in [0, 0.05) is 12.3 Å². The first-order valence-corrected chi connectivity index (χ1v) is 5.82. The lowest BCUT2D eigenvalue weighted by Crippen LogP contribution is -1.91. The minimum atomic E-state index is -1.08. The molecule has 0 fully saturated rings. The largest absolute Gasteiger partial charge is 0.478 e. The zero-order valence-electron chi connectivity index (χ0n) is 10.7. The maximum atomic E-state index is 13.7. The van der Waals surface area contributed by atoms with Gasteiger partial charge in [-0.25, -0.2) is 9.18 Å². The molecular formula is C15H9FN2O3. The van der Waals surface area contributed by atoms with Gasteiger partial charge in [-0.05, 0) is 35.9 Å². The highest BCUT2D eigenvalue weighted by Crippen LogP contribution is 2.25. The van der Waals surface area contributed by atoms with Gasteiger partial charge in [0.15, 0.2) is 11.6 Å². The van der Waals surface area contributed by atoms with Crippen molar-refractivity contribution in [3.8, 4) is 17.6 Å². The Morgan fingerprint density at radius 2 is 2.19 bits per heavy atom. The van der Waals surface area contributed by atoms with Crippen LogP contribution in [0.2, 0.25) is 0 Å². The van der Waals surface area contributed by atoms with Crippen molar-refractivity contribution >= 4 is 12.0 Å². The Morgan fingerprint density at radius 1 is 1.38 bits per heavy atom. The molecule has 0 radical (unpaired) electrons. The number of aliphatic carboxylic acids is 1. The molecule has 0 saturated heterocycles. The number of carbonyl (C=O) groups is 1. The molecule has 1 aromatic carbocycles. The molecule has 0 atom stereocenters. The van der Waals surface area contributed by atoms with Crippen LogP contribution in [0.1, 0.15) is 11.1 Å². The van der Waals surface area contributed by atoms with Gasteiger partial charge in [-0.2, -0.15) is 5.26 Å². The van der Waals surface area contributed by atoms with Gasteiger partial charge in [-0.15, -0.1) is 0 Å². The second-order valence-corrected chi connectivity index (χ2v) is 3.98. The lowest BCUT2D eigenvalue weighted by Gasteiger charge is -2.07. The fraction of sp³-hybridized carbons (Fsp3) is 0. The molecule has 1 N–H and O–H groups in total. The maximum absolute atomic E-state index is 13.7. The Bertz CT molecular complexity index is 751.